The zero-order valence-corrected chi connectivity index (χ0v) is 12.0. The Morgan fingerprint density at radius 1 is 1.26 bits per heavy atom. The molecular formula is C14H13BrN2O2. The van der Waals surface area contributed by atoms with Gasteiger partial charge in [0.05, 0.1) is 4.92 Å². The summed E-state index contributed by atoms with van der Waals surface area (Å²) in [6.07, 6.45) is 0. The van der Waals surface area contributed by atoms with Crippen LogP contribution in [0.25, 0.3) is 0 Å². The van der Waals surface area contributed by atoms with Crippen LogP contribution in [0, 0.1) is 17.0 Å². The number of nitrogens with one attached hydrogen (secondary N) is 1. The Hall–Kier alpha value is -1.88. The summed E-state index contributed by atoms with van der Waals surface area (Å²) in [5.74, 6) is 0. The topological polar surface area (TPSA) is 55.2 Å². The summed E-state index contributed by atoms with van der Waals surface area (Å²) in [7, 11) is 0. The lowest BCUT2D eigenvalue weighted by atomic mass is 10.1. The first-order valence-corrected chi connectivity index (χ1v) is 6.59. The van der Waals surface area contributed by atoms with Crippen molar-refractivity contribution in [2.24, 2.45) is 0 Å². The fraction of sp³-hybridized carbons (Fsp3) is 0.143. The lowest BCUT2D eigenvalue weighted by Crippen LogP contribution is -2.03. The highest BCUT2D eigenvalue weighted by Crippen LogP contribution is 2.24. The molecule has 0 aliphatic carbocycles. The number of halogens is 1. The van der Waals surface area contributed by atoms with E-state index in [1.165, 1.54) is 6.07 Å². The van der Waals surface area contributed by atoms with Crippen LogP contribution in [-0.2, 0) is 6.54 Å². The Labute approximate surface area is 119 Å². The normalized spacial score (nSPS) is 10.2. The van der Waals surface area contributed by atoms with E-state index < -0.39 is 0 Å². The Morgan fingerprint density at radius 3 is 2.74 bits per heavy atom. The molecule has 2 aromatic rings. The van der Waals surface area contributed by atoms with Crippen molar-refractivity contribution in [1.82, 2.24) is 0 Å². The second-order valence-corrected chi connectivity index (χ2v) is 5.17. The van der Waals surface area contributed by atoms with Crippen LogP contribution in [-0.4, -0.2) is 4.92 Å². The molecule has 0 spiro atoms. The highest BCUT2D eigenvalue weighted by Gasteiger charge is 2.13. The van der Waals surface area contributed by atoms with Crippen LogP contribution >= 0.6 is 15.9 Å². The molecule has 19 heavy (non-hydrogen) atoms. The van der Waals surface area contributed by atoms with Crippen LogP contribution in [0.3, 0.4) is 0 Å². The maximum atomic E-state index is 11.0. The molecule has 0 atom stereocenters. The predicted molar refractivity (Wildman–Crippen MR) is 79.3 cm³/mol. The number of benzene rings is 2. The van der Waals surface area contributed by atoms with Gasteiger partial charge >= 0.3 is 0 Å². The molecule has 0 aromatic heterocycles. The number of anilines is 1. The monoisotopic (exact) mass is 320 g/mol. The molecule has 0 fully saturated rings. The van der Waals surface area contributed by atoms with Crippen LogP contribution in [0.15, 0.2) is 46.9 Å². The number of nitrogens with zero attached hydrogens (tertiary/aromatic N) is 1. The molecule has 0 bridgehead atoms. The summed E-state index contributed by atoms with van der Waals surface area (Å²) in [5.41, 5.74) is 2.88. The number of hydrogen-bond donors (Lipinski definition) is 1. The molecule has 0 aliphatic rings. The summed E-state index contributed by atoms with van der Waals surface area (Å²) in [4.78, 5) is 10.6. The fourth-order valence-electron chi connectivity index (χ4n) is 1.83. The van der Waals surface area contributed by atoms with Gasteiger partial charge in [-0.15, -0.1) is 0 Å². The van der Waals surface area contributed by atoms with Crippen molar-refractivity contribution >= 4 is 27.3 Å². The van der Waals surface area contributed by atoms with E-state index in [0.29, 0.717) is 12.1 Å². The Balaban J connectivity index is 2.19. The maximum Gasteiger partial charge on any atom is 0.274 e. The van der Waals surface area contributed by atoms with Gasteiger partial charge in [0.2, 0.25) is 0 Å². The van der Waals surface area contributed by atoms with E-state index in [0.717, 1.165) is 15.7 Å². The van der Waals surface area contributed by atoms with Crippen molar-refractivity contribution in [3.8, 4) is 0 Å². The summed E-state index contributed by atoms with van der Waals surface area (Å²) >= 11 is 3.33. The predicted octanol–water partition coefficient (Wildman–Crippen LogP) is 4.28. The largest absolute Gasteiger partial charge is 0.381 e. The first-order chi connectivity index (χ1) is 9.06. The van der Waals surface area contributed by atoms with Gasteiger partial charge in [-0.1, -0.05) is 28.1 Å². The van der Waals surface area contributed by atoms with E-state index in [4.69, 9.17) is 0 Å². The van der Waals surface area contributed by atoms with Crippen molar-refractivity contribution in [3.05, 3.63) is 68.2 Å². The summed E-state index contributed by atoms with van der Waals surface area (Å²) in [6.45, 7) is 2.42. The minimum atomic E-state index is -0.361. The van der Waals surface area contributed by atoms with E-state index in [9.17, 15) is 10.1 Å². The van der Waals surface area contributed by atoms with Gasteiger partial charge in [0.15, 0.2) is 0 Å². The molecule has 98 valence electrons. The van der Waals surface area contributed by atoms with E-state index in [1.54, 1.807) is 12.1 Å². The third kappa shape index (κ3) is 3.54. The van der Waals surface area contributed by atoms with Gasteiger partial charge < -0.3 is 5.32 Å². The van der Waals surface area contributed by atoms with Gasteiger partial charge in [0.1, 0.15) is 0 Å². The van der Waals surface area contributed by atoms with Crippen LogP contribution in [0.5, 0.6) is 0 Å². The molecule has 0 aliphatic heterocycles. The maximum absolute atomic E-state index is 11.0. The number of hydrogen-bond acceptors (Lipinski definition) is 3. The molecule has 4 nitrogen and oxygen atoms in total. The molecule has 0 radical (unpaired) electrons. The number of rotatable bonds is 4. The molecule has 0 saturated heterocycles. The lowest BCUT2D eigenvalue weighted by Gasteiger charge is -2.08. The second-order valence-electron chi connectivity index (χ2n) is 4.25. The fourth-order valence-corrected chi connectivity index (χ4v) is 2.23. The van der Waals surface area contributed by atoms with Gasteiger partial charge in [-0.2, -0.15) is 0 Å². The van der Waals surface area contributed by atoms with Gasteiger partial charge in [-0.3, -0.25) is 10.1 Å². The van der Waals surface area contributed by atoms with Crippen molar-refractivity contribution in [3.63, 3.8) is 0 Å². The zero-order valence-electron chi connectivity index (χ0n) is 10.4. The summed E-state index contributed by atoms with van der Waals surface area (Å²) < 4.78 is 0.833. The number of nitro benzene ring substituents is 1. The Bertz CT molecular complexity index is 614. The van der Waals surface area contributed by atoms with E-state index in [1.807, 2.05) is 31.2 Å². The zero-order chi connectivity index (χ0) is 13.8. The second kappa shape index (κ2) is 5.84. The molecule has 2 aromatic carbocycles. The third-order valence-electron chi connectivity index (χ3n) is 2.74. The van der Waals surface area contributed by atoms with Gasteiger partial charge in [0.25, 0.3) is 5.69 Å². The standard InChI is InChI=1S/C14H13BrN2O2/c1-10-3-2-4-13(7-10)16-9-11-8-12(15)5-6-14(11)17(18)19/h2-8,16H,9H2,1H3. The highest BCUT2D eigenvalue weighted by atomic mass is 79.9. The smallest absolute Gasteiger partial charge is 0.274 e. The molecule has 1 N–H and O–H groups in total. The molecule has 0 amide bonds. The Morgan fingerprint density at radius 2 is 2.05 bits per heavy atom. The van der Waals surface area contributed by atoms with E-state index in [2.05, 4.69) is 21.2 Å². The molecule has 0 unspecified atom stereocenters. The number of nitro groups is 1. The third-order valence-corrected chi connectivity index (χ3v) is 3.23. The minimum Gasteiger partial charge on any atom is -0.381 e. The molecule has 2 rings (SSSR count). The summed E-state index contributed by atoms with van der Waals surface area (Å²) in [6, 6.07) is 12.9. The first-order valence-electron chi connectivity index (χ1n) is 5.79. The molecule has 5 heteroatoms. The lowest BCUT2D eigenvalue weighted by molar-refractivity contribution is -0.385. The van der Waals surface area contributed by atoms with Crippen LogP contribution < -0.4 is 5.32 Å². The van der Waals surface area contributed by atoms with Gasteiger partial charge in [-0.25, -0.2) is 0 Å². The van der Waals surface area contributed by atoms with Crippen LogP contribution in [0.4, 0.5) is 11.4 Å². The first kappa shape index (κ1) is 13.5. The minimum absolute atomic E-state index is 0.128. The van der Waals surface area contributed by atoms with Gasteiger partial charge in [-0.05, 0) is 36.8 Å². The highest BCUT2D eigenvalue weighted by molar-refractivity contribution is 9.10. The molecular weight excluding hydrogens is 308 g/mol. The van der Waals surface area contributed by atoms with E-state index >= 15 is 0 Å². The number of aryl methyl sites for hydroxylation is 1. The average Bonchev–Trinajstić information content (AvgIpc) is 2.36. The van der Waals surface area contributed by atoms with Crippen LogP contribution in [0.2, 0.25) is 0 Å². The quantitative estimate of drug-likeness (QED) is 0.675. The molecule has 0 heterocycles. The van der Waals surface area contributed by atoms with Crippen LogP contribution in [0.1, 0.15) is 11.1 Å². The Kier molecular flexibility index (Phi) is 4.16. The van der Waals surface area contributed by atoms with Gasteiger partial charge in [0, 0.05) is 28.3 Å². The van der Waals surface area contributed by atoms with Crippen molar-refractivity contribution in [1.29, 1.82) is 0 Å². The van der Waals surface area contributed by atoms with E-state index in [-0.39, 0.29) is 10.6 Å². The average molecular weight is 321 g/mol. The van der Waals surface area contributed by atoms with Crippen molar-refractivity contribution in [2.45, 2.75) is 13.5 Å². The SMILES string of the molecule is Cc1cccc(NCc2cc(Br)ccc2[N+](=O)[O-])c1. The van der Waals surface area contributed by atoms with Crippen molar-refractivity contribution in [2.75, 3.05) is 5.32 Å². The van der Waals surface area contributed by atoms with Crippen molar-refractivity contribution < 1.29 is 4.92 Å². The summed E-state index contributed by atoms with van der Waals surface area (Å²) in [5, 5.41) is 14.2. The molecule has 0 saturated carbocycles.